The molecule has 0 saturated heterocycles. The topological polar surface area (TPSA) is 72.4 Å². The van der Waals surface area contributed by atoms with Crippen LogP contribution in [0, 0.1) is 0 Å². The molecule has 0 aliphatic carbocycles. The SMILES string of the molecule is CC(C)[O-].CC(C)[O-].CCOC(C)=O.[Al+3]. The van der Waals surface area contributed by atoms with Gasteiger partial charge in [-0.25, -0.2) is 0 Å². The summed E-state index contributed by atoms with van der Waals surface area (Å²) >= 11 is 0. The van der Waals surface area contributed by atoms with Gasteiger partial charge in [0.05, 0.1) is 6.61 Å². The van der Waals surface area contributed by atoms with Crippen molar-refractivity contribution in [2.45, 2.75) is 53.8 Å². The molecule has 0 unspecified atom stereocenters. The zero-order valence-electron chi connectivity index (χ0n) is 10.6. The molecule has 0 amide bonds. The molecule has 0 aromatic carbocycles. The van der Waals surface area contributed by atoms with Crippen molar-refractivity contribution in [3.05, 3.63) is 0 Å². The predicted molar refractivity (Wildman–Crippen MR) is 58.3 cm³/mol. The van der Waals surface area contributed by atoms with Crippen molar-refractivity contribution in [1.82, 2.24) is 0 Å². The quantitative estimate of drug-likeness (QED) is 0.460. The van der Waals surface area contributed by atoms with Crippen LogP contribution < -0.4 is 10.2 Å². The zero-order valence-corrected chi connectivity index (χ0v) is 11.7. The molecular weight excluding hydrogens is 211 g/mol. The number of rotatable bonds is 1. The molecule has 0 saturated carbocycles. The molecule has 88 valence electrons. The van der Waals surface area contributed by atoms with Gasteiger partial charge in [-0.3, -0.25) is 4.79 Å². The van der Waals surface area contributed by atoms with Gasteiger partial charge >= 0.3 is 23.3 Å². The first kappa shape index (κ1) is 24.2. The minimum atomic E-state index is -0.417. The van der Waals surface area contributed by atoms with Gasteiger partial charge < -0.3 is 14.9 Å². The Hall–Kier alpha value is -0.0775. The van der Waals surface area contributed by atoms with E-state index in [0.29, 0.717) is 6.61 Å². The monoisotopic (exact) mass is 233 g/mol. The maximum absolute atomic E-state index is 9.82. The van der Waals surface area contributed by atoms with Gasteiger partial charge in [-0.2, -0.15) is 0 Å². The number of carbonyl (C=O) groups is 1. The van der Waals surface area contributed by atoms with Gasteiger partial charge in [-0.15, -0.1) is 12.2 Å². The van der Waals surface area contributed by atoms with Crippen molar-refractivity contribution in [1.29, 1.82) is 0 Å². The standard InChI is InChI=1S/C4H8O2.2C3H7O.Al/c1-3-6-4(2)5;2*1-3(2)4;/h3H2,1-2H3;2*3H,1-2H3;/q;2*-1;+3. The maximum atomic E-state index is 9.82. The van der Waals surface area contributed by atoms with Gasteiger partial charge in [0.2, 0.25) is 0 Å². The number of esters is 1. The molecule has 0 heterocycles. The molecule has 15 heavy (non-hydrogen) atoms. The van der Waals surface area contributed by atoms with Crippen LogP contribution in [0.4, 0.5) is 0 Å². The van der Waals surface area contributed by atoms with Crippen molar-refractivity contribution in [3.8, 4) is 0 Å². The largest absolute Gasteiger partial charge is 3.00 e. The maximum Gasteiger partial charge on any atom is 3.00 e. The Balaban J connectivity index is -0.0000000606. The zero-order chi connectivity index (χ0) is 12.1. The molecule has 0 aliphatic rings. The van der Waals surface area contributed by atoms with E-state index in [1.165, 1.54) is 6.92 Å². The average molecular weight is 233 g/mol. The van der Waals surface area contributed by atoms with Gasteiger partial charge in [0.1, 0.15) is 0 Å². The first-order valence-electron chi connectivity index (χ1n) is 4.68. The van der Waals surface area contributed by atoms with Crippen LogP contribution in [0.5, 0.6) is 0 Å². The van der Waals surface area contributed by atoms with Gasteiger partial charge in [-0.1, -0.05) is 27.7 Å². The van der Waals surface area contributed by atoms with Crippen LogP contribution in [0.2, 0.25) is 0 Å². The number of ether oxygens (including phenoxy) is 1. The molecular formula is C10H22AlO4+. The van der Waals surface area contributed by atoms with Crippen molar-refractivity contribution < 1.29 is 19.7 Å². The summed E-state index contributed by atoms with van der Waals surface area (Å²) in [4.78, 5) is 9.82. The van der Waals surface area contributed by atoms with Crippen LogP contribution in [0.3, 0.4) is 0 Å². The third kappa shape index (κ3) is 232. The fourth-order valence-electron chi connectivity index (χ4n) is 0.203. The summed E-state index contributed by atoms with van der Waals surface area (Å²) in [7, 11) is 0. The molecule has 5 heteroatoms. The first-order valence-corrected chi connectivity index (χ1v) is 4.68. The van der Waals surface area contributed by atoms with Gasteiger partial charge in [-0.05, 0) is 6.92 Å². The van der Waals surface area contributed by atoms with E-state index in [-0.39, 0.29) is 23.3 Å². The Labute approximate surface area is 104 Å². The molecule has 0 aromatic heterocycles. The summed E-state index contributed by atoms with van der Waals surface area (Å²) in [6.07, 6.45) is -0.833. The molecule has 0 rings (SSSR count). The molecule has 0 fully saturated rings. The Morgan fingerprint density at radius 3 is 1.33 bits per heavy atom. The molecule has 0 atom stereocenters. The van der Waals surface area contributed by atoms with E-state index in [2.05, 4.69) is 4.74 Å². The molecule has 0 radical (unpaired) electrons. The minimum absolute atomic E-state index is 0. The molecule has 0 spiro atoms. The molecule has 4 nitrogen and oxygen atoms in total. The molecule has 0 bridgehead atoms. The van der Waals surface area contributed by atoms with E-state index in [4.69, 9.17) is 0 Å². The summed E-state index contributed by atoms with van der Waals surface area (Å²) < 4.78 is 4.40. The third-order valence-electron chi connectivity index (χ3n) is 0.348. The summed E-state index contributed by atoms with van der Waals surface area (Å²) in [5, 5.41) is 19.1. The molecule has 0 aliphatic heterocycles. The first-order chi connectivity index (χ1) is 6.23. The average Bonchev–Trinajstić information content (AvgIpc) is 1.82. The molecule has 0 aromatic rings. The summed E-state index contributed by atoms with van der Waals surface area (Å²) in [5.74, 6) is -0.211. The fourth-order valence-corrected chi connectivity index (χ4v) is 0.203. The minimum Gasteiger partial charge on any atom is -0.852 e. The van der Waals surface area contributed by atoms with Crippen LogP contribution in [0.15, 0.2) is 0 Å². The van der Waals surface area contributed by atoms with E-state index >= 15 is 0 Å². The third-order valence-corrected chi connectivity index (χ3v) is 0.348. The van der Waals surface area contributed by atoms with Crippen LogP contribution >= 0.6 is 0 Å². The van der Waals surface area contributed by atoms with Crippen molar-refractivity contribution in [2.24, 2.45) is 0 Å². The van der Waals surface area contributed by atoms with E-state index in [9.17, 15) is 15.0 Å². The molecule has 0 N–H and O–H groups in total. The summed E-state index contributed by atoms with van der Waals surface area (Å²) in [6, 6.07) is 0. The second kappa shape index (κ2) is 19.5. The Kier molecular flexibility index (Phi) is 31.5. The second-order valence-electron chi connectivity index (χ2n) is 3.02. The van der Waals surface area contributed by atoms with Crippen LogP contribution in [-0.2, 0) is 9.53 Å². The van der Waals surface area contributed by atoms with Crippen molar-refractivity contribution >= 4 is 23.3 Å². The number of carbonyl (C=O) groups excluding carboxylic acids is 1. The van der Waals surface area contributed by atoms with Gasteiger partial charge in [0.25, 0.3) is 0 Å². The van der Waals surface area contributed by atoms with E-state index in [0.717, 1.165) is 0 Å². The Morgan fingerprint density at radius 1 is 1.13 bits per heavy atom. The van der Waals surface area contributed by atoms with Crippen molar-refractivity contribution in [2.75, 3.05) is 6.61 Å². The Morgan fingerprint density at radius 2 is 1.33 bits per heavy atom. The second-order valence-corrected chi connectivity index (χ2v) is 3.02. The predicted octanol–water partition coefficient (Wildman–Crippen LogP) is -0.301. The number of hydrogen-bond donors (Lipinski definition) is 0. The van der Waals surface area contributed by atoms with E-state index in [1.807, 2.05) is 0 Å². The van der Waals surface area contributed by atoms with Gasteiger partial charge in [0.15, 0.2) is 0 Å². The van der Waals surface area contributed by atoms with E-state index < -0.39 is 12.2 Å². The van der Waals surface area contributed by atoms with Crippen LogP contribution in [0.1, 0.15) is 41.5 Å². The summed E-state index contributed by atoms with van der Waals surface area (Å²) in [6.45, 7) is 10.1. The van der Waals surface area contributed by atoms with Gasteiger partial charge in [0, 0.05) is 6.92 Å². The number of hydrogen-bond acceptors (Lipinski definition) is 4. The van der Waals surface area contributed by atoms with E-state index in [1.54, 1.807) is 34.6 Å². The van der Waals surface area contributed by atoms with Crippen molar-refractivity contribution in [3.63, 3.8) is 0 Å². The van der Waals surface area contributed by atoms with Crippen LogP contribution in [0.25, 0.3) is 0 Å². The fraction of sp³-hybridized carbons (Fsp3) is 0.900. The normalized spacial score (nSPS) is 7.87. The summed E-state index contributed by atoms with van der Waals surface area (Å²) in [5.41, 5.74) is 0. The Bertz CT molecular complexity index is 104. The smallest absolute Gasteiger partial charge is 0.852 e. The van der Waals surface area contributed by atoms with Crippen LogP contribution in [-0.4, -0.2) is 42.1 Å².